The number of ether oxygens (including phenoxy) is 2. The molecule has 0 aliphatic heterocycles. The molecule has 6 heteroatoms. The van der Waals surface area contributed by atoms with Crippen LogP contribution in [0.4, 0.5) is 0 Å². The normalized spacial score (nSPS) is 12.0. The van der Waals surface area contributed by atoms with Gasteiger partial charge in [-0.1, -0.05) is 0 Å². The van der Waals surface area contributed by atoms with E-state index in [1.165, 1.54) is 0 Å². The molecule has 0 rings (SSSR count). The van der Waals surface area contributed by atoms with E-state index in [2.05, 4.69) is 0 Å². The van der Waals surface area contributed by atoms with Crippen molar-refractivity contribution in [2.45, 2.75) is 31.5 Å². The summed E-state index contributed by atoms with van der Waals surface area (Å²) < 4.78 is 10.6. The standard InChI is InChI=1S/C10H26N4O2/c11-5-2-8-15-7-1-4-10(13,14)16-9-3-6-12/h1-9,11-14H2. The van der Waals surface area contributed by atoms with Gasteiger partial charge >= 0.3 is 0 Å². The van der Waals surface area contributed by atoms with Crippen LogP contribution in [-0.4, -0.2) is 38.8 Å². The molecule has 98 valence electrons. The highest BCUT2D eigenvalue weighted by atomic mass is 16.5. The lowest BCUT2D eigenvalue weighted by Crippen LogP contribution is -2.52. The van der Waals surface area contributed by atoms with Gasteiger partial charge in [0, 0.05) is 19.6 Å². The van der Waals surface area contributed by atoms with Crippen LogP contribution >= 0.6 is 0 Å². The summed E-state index contributed by atoms with van der Waals surface area (Å²) in [4.78, 5) is 0. The minimum Gasteiger partial charge on any atom is -0.381 e. The zero-order chi connectivity index (χ0) is 12.3. The minimum atomic E-state index is -1.06. The Kier molecular flexibility index (Phi) is 9.80. The van der Waals surface area contributed by atoms with Gasteiger partial charge < -0.3 is 20.9 Å². The van der Waals surface area contributed by atoms with Crippen LogP contribution in [0.15, 0.2) is 0 Å². The molecule has 16 heavy (non-hydrogen) atoms. The molecule has 8 N–H and O–H groups in total. The van der Waals surface area contributed by atoms with E-state index in [1.807, 2.05) is 0 Å². The summed E-state index contributed by atoms with van der Waals surface area (Å²) in [5.41, 5.74) is 22.1. The van der Waals surface area contributed by atoms with Crippen LogP contribution in [0.25, 0.3) is 0 Å². The number of hydrogen-bond acceptors (Lipinski definition) is 6. The van der Waals surface area contributed by atoms with Crippen molar-refractivity contribution < 1.29 is 9.47 Å². The summed E-state index contributed by atoms with van der Waals surface area (Å²) in [5.74, 6) is -1.06. The van der Waals surface area contributed by atoms with E-state index in [9.17, 15) is 0 Å². The van der Waals surface area contributed by atoms with Crippen LogP contribution in [0, 0.1) is 0 Å². The Bertz CT molecular complexity index is 156. The molecule has 0 saturated carbocycles. The maximum Gasteiger partial charge on any atom is 0.169 e. The van der Waals surface area contributed by atoms with Crippen LogP contribution in [0.5, 0.6) is 0 Å². The second-order valence-electron chi connectivity index (χ2n) is 3.80. The third-order valence-electron chi connectivity index (χ3n) is 2.07. The van der Waals surface area contributed by atoms with Crippen molar-refractivity contribution in [1.82, 2.24) is 0 Å². The maximum absolute atomic E-state index is 5.74. The minimum absolute atomic E-state index is 0.498. The quantitative estimate of drug-likeness (QED) is 0.270. The summed E-state index contributed by atoms with van der Waals surface area (Å²) >= 11 is 0. The van der Waals surface area contributed by atoms with Crippen molar-refractivity contribution in [3.05, 3.63) is 0 Å². The molecule has 0 heterocycles. The number of nitrogens with two attached hydrogens (primary N) is 4. The Morgan fingerprint density at radius 1 is 0.812 bits per heavy atom. The topological polar surface area (TPSA) is 123 Å². The molecular weight excluding hydrogens is 208 g/mol. The molecule has 0 aromatic carbocycles. The van der Waals surface area contributed by atoms with E-state index >= 15 is 0 Å². The van der Waals surface area contributed by atoms with Crippen LogP contribution in [0.2, 0.25) is 0 Å². The highest BCUT2D eigenvalue weighted by molar-refractivity contribution is 4.64. The fraction of sp³-hybridized carbons (Fsp3) is 1.00. The van der Waals surface area contributed by atoms with E-state index in [4.69, 9.17) is 32.4 Å². The third kappa shape index (κ3) is 10.3. The van der Waals surface area contributed by atoms with Gasteiger partial charge in [0.05, 0.1) is 6.61 Å². The maximum atomic E-state index is 5.74. The first-order valence-corrected chi connectivity index (χ1v) is 5.82. The first-order valence-electron chi connectivity index (χ1n) is 5.82. The average molecular weight is 234 g/mol. The highest BCUT2D eigenvalue weighted by Gasteiger charge is 2.18. The van der Waals surface area contributed by atoms with Gasteiger partial charge in [-0.15, -0.1) is 0 Å². The van der Waals surface area contributed by atoms with Gasteiger partial charge in [-0.25, -0.2) is 0 Å². The average Bonchev–Trinajstić information content (AvgIpc) is 2.23. The molecule has 0 fully saturated rings. The molecule has 0 saturated heterocycles. The van der Waals surface area contributed by atoms with E-state index in [1.54, 1.807) is 0 Å². The van der Waals surface area contributed by atoms with Crippen LogP contribution in [0.3, 0.4) is 0 Å². The molecule has 0 aliphatic rings. The summed E-state index contributed by atoms with van der Waals surface area (Å²) in [6.45, 7) is 3.05. The van der Waals surface area contributed by atoms with Gasteiger partial charge in [0.15, 0.2) is 5.85 Å². The Morgan fingerprint density at radius 2 is 1.38 bits per heavy atom. The van der Waals surface area contributed by atoms with Crippen molar-refractivity contribution >= 4 is 0 Å². The van der Waals surface area contributed by atoms with Crippen LogP contribution in [0.1, 0.15) is 25.7 Å². The fourth-order valence-corrected chi connectivity index (χ4v) is 1.16. The molecule has 0 radical (unpaired) electrons. The number of rotatable bonds is 11. The summed E-state index contributed by atoms with van der Waals surface area (Å²) in [6, 6.07) is 0. The Morgan fingerprint density at radius 3 is 2.00 bits per heavy atom. The second-order valence-corrected chi connectivity index (χ2v) is 3.80. The van der Waals surface area contributed by atoms with Crippen molar-refractivity contribution in [3.63, 3.8) is 0 Å². The van der Waals surface area contributed by atoms with E-state index in [-0.39, 0.29) is 0 Å². The van der Waals surface area contributed by atoms with E-state index in [0.717, 1.165) is 19.3 Å². The van der Waals surface area contributed by atoms with Crippen molar-refractivity contribution in [3.8, 4) is 0 Å². The molecule has 0 bridgehead atoms. The first-order chi connectivity index (χ1) is 7.62. The van der Waals surface area contributed by atoms with Crippen molar-refractivity contribution in [2.24, 2.45) is 22.9 Å². The number of hydrogen-bond donors (Lipinski definition) is 4. The lowest BCUT2D eigenvalue weighted by atomic mass is 10.2. The summed E-state index contributed by atoms with van der Waals surface area (Å²) in [5, 5.41) is 0. The van der Waals surface area contributed by atoms with E-state index in [0.29, 0.717) is 39.3 Å². The highest BCUT2D eigenvalue weighted by Crippen LogP contribution is 2.05. The third-order valence-corrected chi connectivity index (χ3v) is 2.07. The lowest BCUT2D eigenvalue weighted by Gasteiger charge is -2.24. The Hall–Kier alpha value is -0.240. The summed E-state index contributed by atoms with van der Waals surface area (Å²) in [7, 11) is 0. The molecule has 6 nitrogen and oxygen atoms in total. The lowest BCUT2D eigenvalue weighted by molar-refractivity contribution is -0.0482. The van der Waals surface area contributed by atoms with Gasteiger partial charge in [-0.05, 0) is 32.4 Å². The van der Waals surface area contributed by atoms with Crippen molar-refractivity contribution in [2.75, 3.05) is 32.9 Å². The van der Waals surface area contributed by atoms with Crippen molar-refractivity contribution in [1.29, 1.82) is 0 Å². The molecule has 0 unspecified atom stereocenters. The molecule has 0 amide bonds. The van der Waals surface area contributed by atoms with Crippen LogP contribution in [-0.2, 0) is 9.47 Å². The predicted molar refractivity (Wildman–Crippen MR) is 64.5 cm³/mol. The molecule has 0 aromatic rings. The van der Waals surface area contributed by atoms with Crippen LogP contribution < -0.4 is 22.9 Å². The monoisotopic (exact) mass is 234 g/mol. The molecule has 0 aliphatic carbocycles. The largest absolute Gasteiger partial charge is 0.381 e. The zero-order valence-electron chi connectivity index (χ0n) is 9.99. The SMILES string of the molecule is NCCCOCCCC(N)(N)OCCCN. The molecule has 0 spiro atoms. The van der Waals surface area contributed by atoms with Gasteiger partial charge in [0.25, 0.3) is 0 Å². The van der Waals surface area contributed by atoms with Gasteiger partial charge in [0.2, 0.25) is 0 Å². The Labute approximate surface area is 97.6 Å². The Balaban J connectivity index is 3.35. The van der Waals surface area contributed by atoms with Gasteiger partial charge in [-0.2, -0.15) is 0 Å². The summed E-state index contributed by atoms with van der Waals surface area (Å²) in [6.07, 6.45) is 2.99. The second kappa shape index (κ2) is 9.95. The van der Waals surface area contributed by atoms with Gasteiger partial charge in [-0.3, -0.25) is 11.5 Å². The van der Waals surface area contributed by atoms with Gasteiger partial charge in [0.1, 0.15) is 0 Å². The molecule has 0 atom stereocenters. The molecular formula is C10H26N4O2. The first kappa shape index (κ1) is 15.8. The van der Waals surface area contributed by atoms with E-state index < -0.39 is 5.85 Å². The smallest absolute Gasteiger partial charge is 0.169 e. The molecule has 0 aromatic heterocycles. The predicted octanol–water partition coefficient (Wildman–Crippen LogP) is -0.931. The zero-order valence-corrected chi connectivity index (χ0v) is 9.99. The fourth-order valence-electron chi connectivity index (χ4n) is 1.16.